The van der Waals surface area contributed by atoms with Gasteiger partial charge in [-0.1, -0.05) is 58.8 Å². The number of rotatable bonds is 12. The van der Waals surface area contributed by atoms with Crippen LogP contribution >= 0.6 is 0 Å². The van der Waals surface area contributed by atoms with Crippen molar-refractivity contribution < 1.29 is 9.53 Å². The maximum absolute atomic E-state index is 11.3. The highest BCUT2D eigenvalue weighted by molar-refractivity contribution is 5.69. The molecule has 0 aromatic rings. The van der Waals surface area contributed by atoms with Crippen molar-refractivity contribution >= 4 is 5.97 Å². The molecule has 0 bridgehead atoms. The summed E-state index contributed by atoms with van der Waals surface area (Å²) in [7, 11) is 0. The Morgan fingerprint density at radius 2 is 1.44 bits per heavy atom. The van der Waals surface area contributed by atoms with Gasteiger partial charge in [0.05, 0.1) is 6.10 Å². The normalized spacial score (nSPS) is 12.4. The summed E-state index contributed by atoms with van der Waals surface area (Å²) in [4.78, 5) is 11.3. The average Bonchev–Trinajstić information content (AvgIpc) is 2.32. The first-order valence-electron chi connectivity index (χ1n) is 7.90. The number of unbranched alkanes of at least 4 members (excludes halogenated alkanes) is 7. The van der Waals surface area contributed by atoms with Gasteiger partial charge in [0.25, 0.3) is 0 Å². The van der Waals surface area contributed by atoms with Crippen LogP contribution < -0.4 is 0 Å². The molecular formula is C16H32O2. The van der Waals surface area contributed by atoms with Crippen molar-refractivity contribution in [2.75, 3.05) is 0 Å². The monoisotopic (exact) mass is 256 g/mol. The van der Waals surface area contributed by atoms with Gasteiger partial charge in [0, 0.05) is 6.42 Å². The van der Waals surface area contributed by atoms with Crippen LogP contribution in [0, 0.1) is 0 Å². The molecule has 0 rings (SSSR count). The minimum absolute atomic E-state index is 0.0374. The lowest BCUT2D eigenvalue weighted by molar-refractivity contribution is -0.148. The van der Waals surface area contributed by atoms with Gasteiger partial charge in [0.1, 0.15) is 0 Å². The second kappa shape index (κ2) is 12.9. The van der Waals surface area contributed by atoms with Crippen LogP contribution in [0.15, 0.2) is 0 Å². The molecule has 18 heavy (non-hydrogen) atoms. The van der Waals surface area contributed by atoms with Gasteiger partial charge in [-0.15, -0.1) is 0 Å². The number of hydrogen-bond donors (Lipinski definition) is 0. The lowest BCUT2D eigenvalue weighted by atomic mass is 10.1. The third-order valence-corrected chi connectivity index (χ3v) is 3.25. The summed E-state index contributed by atoms with van der Waals surface area (Å²) in [6, 6.07) is 0. The highest BCUT2D eigenvalue weighted by Gasteiger charge is 2.07. The summed E-state index contributed by atoms with van der Waals surface area (Å²) < 4.78 is 5.31. The standard InChI is InChI=1S/C16H32O2/c1-4-6-7-8-9-10-11-12-14-15(3)18-16(17)13-5-2/h15H,4-14H2,1-3H3. The lowest BCUT2D eigenvalue weighted by Gasteiger charge is -2.12. The van der Waals surface area contributed by atoms with Crippen LogP contribution in [0.25, 0.3) is 0 Å². The van der Waals surface area contributed by atoms with Crippen molar-refractivity contribution in [2.45, 2.75) is 97.5 Å². The van der Waals surface area contributed by atoms with Crippen molar-refractivity contribution in [1.82, 2.24) is 0 Å². The molecule has 0 aromatic heterocycles. The highest BCUT2D eigenvalue weighted by Crippen LogP contribution is 2.12. The Bertz CT molecular complexity index is 190. The third kappa shape index (κ3) is 11.9. The van der Waals surface area contributed by atoms with Gasteiger partial charge < -0.3 is 4.74 Å². The van der Waals surface area contributed by atoms with Gasteiger partial charge in [-0.25, -0.2) is 0 Å². The summed E-state index contributed by atoms with van der Waals surface area (Å²) in [5.74, 6) is -0.0374. The molecule has 0 aliphatic rings. The SMILES string of the molecule is CCCCCCCCCCC(C)OC(=O)CCC. The molecule has 0 spiro atoms. The van der Waals surface area contributed by atoms with Crippen molar-refractivity contribution in [3.63, 3.8) is 0 Å². The van der Waals surface area contributed by atoms with Crippen LogP contribution in [-0.2, 0) is 9.53 Å². The van der Waals surface area contributed by atoms with Gasteiger partial charge >= 0.3 is 5.97 Å². The summed E-state index contributed by atoms with van der Waals surface area (Å²) in [6.45, 7) is 6.26. The average molecular weight is 256 g/mol. The van der Waals surface area contributed by atoms with E-state index in [9.17, 15) is 4.79 Å². The predicted octanol–water partition coefficient (Wildman–Crippen LogP) is 5.25. The topological polar surface area (TPSA) is 26.3 Å². The molecule has 2 nitrogen and oxygen atoms in total. The third-order valence-electron chi connectivity index (χ3n) is 3.25. The zero-order valence-corrected chi connectivity index (χ0v) is 12.7. The van der Waals surface area contributed by atoms with Gasteiger partial charge in [0.2, 0.25) is 0 Å². The van der Waals surface area contributed by atoms with E-state index in [2.05, 4.69) is 6.92 Å². The smallest absolute Gasteiger partial charge is 0.306 e. The van der Waals surface area contributed by atoms with E-state index in [1.807, 2.05) is 13.8 Å². The second-order valence-electron chi connectivity index (χ2n) is 5.31. The molecule has 0 heterocycles. The van der Waals surface area contributed by atoms with Gasteiger partial charge in [-0.3, -0.25) is 4.79 Å². The highest BCUT2D eigenvalue weighted by atomic mass is 16.5. The largest absolute Gasteiger partial charge is 0.463 e. The van der Waals surface area contributed by atoms with Gasteiger partial charge in [0.15, 0.2) is 0 Å². The fourth-order valence-electron chi connectivity index (χ4n) is 2.11. The zero-order chi connectivity index (χ0) is 13.6. The fourth-order valence-corrected chi connectivity index (χ4v) is 2.11. The molecule has 0 saturated carbocycles. The van der Waals surface area contributed by atoms with E-state index in [1.54, 1.807) is 0 Å². The van der Waals surface area contributed by atoms with E-state index < -0.39 is 0 Å². The van der Waals surface area contributed by atoms with E-state index in [-0.39, 0.29) is 12.1 Å². The van der Waals surface area contributed by atoms with E-state index >= 15 is 0 Å². The van der Waals surface area contributed by atoms with Crippen molar-refractivity contribution in [1.29, 1.82) is 0 Å². The molecule has 1 unspecified atom stereocenters. The minimum atomic E-state index is -0.0374. The minimum Gasteiger partial charge on any atom is -0.463 e. The molecule has 0 fully saturated rings. The second-order valence-corrected chi connectivity index (χ2v) is 5.31. The van der Waals surface area contributed by atoms with Crippen molar-refractivity contribution in [3.05, 3.63) is 0 Å². The molecule has 0 N–H and O–H groups in total. The van der Waals surface area contributed by atoms with Crippen molar-refractivity contribution in [3.8, 4) is 0 Å². The lowest BCUT2D eigenvalue weighted by Crippen LogP contribution is -2.14. The maximum atomic E-state index is 11.3. The number of hydrogen-bond acceptors (Lipinski definition) is 2. The Kier molecular flexibility index (Phi) is 12.5. The molecule has 1 atom stereocenters. The van der Waals surface area contributed by atoms with E-state index in [0.29, 0.717) is 6.42 Å². The molecule has 0 aliphatic carbocycles. The number of carbonyl (C=O) groups is 1. The first kappa shape index (κ1) is 17.5. The Labute approximate surface area is 113 Å². The summed E-state index contributed by atoms with van der Waals surface area (Å²) in [6.07, 6.45) is 13.2. The molecule has 108 valence electrons. The number of esters is 1. The summed E-state index contributed by atoms with van der Waals surface area (Å²) >= 11 is 0. The Hall–Kier alpha value is -0.530. The molecule has 0 aromatic carbocycles. The molecule has 0 saturated heterocycles. The summed E-state index contributed by atoms with van der Waals surface area (Å²) in [5, 5.41) is 0. The molecule has 0 amide bonds. The van der Waals surface area contributed by atoms with Crippen LogP contribution in [0.4, 0.5) is 0 Å². The Balaban J connectivity index is 3.24. The van der Waals surface area contributed by atoms with Crippen LogP contribution in [0.1, 0.15) is 91.4 Å². The number of ether oxygens (including phenoxy) is 1. The zero-order valence-electron chi connectivity index (χ0n) is 12.7. The van der Waals surface area contributed by atoms with Crippen LogP contribution in [-0.4, -0.2) is 12.1 Å². The Morgan fingerprint density at radius 3 is 2.00 bits per heavy atom. The first-order chi connectivity index (χ1) is 8.70. The Morgan fingerprint density at radius 1 is 0.889 bits per heavy atom. The first-order valence-corrected chi connectivity index (χ1v) is 7.90. The van der Waals surface area contributed by atoms with E-state index in [0.717, 1.165) is 12.8 Å². The fraction of sp³-hybridized carbons (Fsp3) is 0.938. The van der Waals surface area contributed by atoms with Crippen LogP contribution in [0.5, 0.6) is 0 Å². The van der Waals surface area contributed by atoms with Crippen LogP contribution in [0.3, 0.4) is 0 Å². The van der Waals surface area contributed by atoms with Crippen LogP contribution in [0.2, 0.25) is 0 Å². The van der Waals surface area contributed by atoms with Gasteiger partial charge in [-0.2, -0.15) is 0 Å². The van der Waals surface area contributed by atoms with Gasteiger partial charge in [-0.05, 0) is 26.2 Å². The maximum Gasteiger partial charge on any atom is 0.306 e. The quantitative estimate of drug-likeness (QED) is 0.352. The predicted molar refractivity (Wildman–Crippen MR) is 77.7 cm³/mol. The van der Waals surface area contributed by atoms with E-state index in [4.69, 9.17) is 4.74 Å². The molecule has 0 radical (unpaired) electrons. The molecule has 2 heteroatoms. The van der Waals surface area contributed by atoms with Crippen molar-refractivity contribution in [2.24, 2.45) is 0 Å². The van der Waals surface area contributed by atoms with E-state index in [1.165, 1.54) is 51.4 Å². The molecule has 0 aliphatic heterocycles. The molecular weight excluding hydrogens is 224 g/mol. The summed E-state index contributed by atoms with van der Waals surface area (Å²) in [5.41, 5.74) is 0. The number of carbonyl (C=O) groups excluding carboxylic acids is 1.